The van der Waals surface area contributed by atoms with Gasteiger partial charge in [0.1, 0.15) is 17.2 Å². The maximum absolute atomic E-state index is 12.1. The number of hydrogen-bond donors (Lipinski definition) is 16. The number of fused-ring (bicyclic) bond motifs is 8. The molecule has 0 aromatic heterocycles. The van der Waals surface area contributed by atoms with Crippen LogP contribution in [-0.2, 0) is 0 Å². The van der Waals surface area contributed by atoms with Crippen LogP contribution in [0.2, 0.25) is 0 Å². The summed E-state index contributed by atoms with van der Waals surface area (Å²) < 4.78 is 5.73. The third-order valence-corrected chi connectivity index (χ3v) is 14.0. The van der Waals surface area contributed by atoms with Crippen LogP contribution in [0, 0.1) is 20.8 Å². The molecule has 2 unspecified atom stereocenters. The largest absolute Gasteiger partial charge is 0.508 e. The summed E-state index contributed by atoms with van der Waals surface area (Å²) >= 11 is 0. The molecule has 2 atom stereocenters. The van der Waals surface area contributed by atoms with Crippen molar-refractivity contribution in [1.29, 1.82) is 0 Å². The van der Waals surface area contributed by atoms with Gasteiger partial charge in [-0.2, -0.15) is 0 Å². The van der Waals surface area contributed by atoms with Crippen molar-refractivity contribution in [3.63, 3.8) is 0 Å². The van der Waals surface area contributed by atoms with Crippen LogP contribution in [-0.4, -0.2) is 88.3 Å². The van der Waals surface area contributed by atoms with E-state index in [4.69, 9.17) is 4.74 Å². The van der Waals surface area contributed by atoms with Crippen molar-refractivity contribution in [3.8, 4) is 97.7 Å². The molecule has 1 aliphatic carbocycles. The summed E-state index contributed by atoms with van der Waals surface area (Å²) in [7, 11) is 0. The van der Waals surface area contributed by atoms with E-state index in [9.17, 15) is 81.7 Å². The molecule has 380 valence electrons. The molecule has 0 saturated heterocycles. The zero-order valence-electron chi connectivity index (χ0n) is 39.8. The Hall–Kier alpha value is -9.64. The van der Waals surface area contributed by atoms with Gasteiger partial charge in [0.05, 0.1) is 6.61 Å². The molecule has 8 aromatic carbocycles. The molecule has 0 amide bonds. The van der Waals surface area contributed by atoms with E-state index in [1.165, 1.54) is 118 Å². The Bertz CT molecular complexity index is 3440. The van der Waals surface area contributed by atoms with E-state index >= 15 is 0 Å². The number of hydrogen-bond acceptors (Lipinski definition) is 17. The minimum atomic E-state index is -1.64. The lowest BCUT2D eigenvalue weighted by Gasteiger charge is -2.30. The zero-order valence-corrected chi connectivity index (χ0v) is 39.8. The third-order valence-electron chi connectivity index (χ3n) is 14.0. The highest BCUT2D eigenvalue weighted by molar-refractivity contribution is 5.74. The maximum atomic E-state index is 12.1. The molecule has 0 saturated carbocycles. The standard InChI is InChI=1S/C57H50O17/c1-5-74-41-17-28(9-13-40(41)61)45-35-20-33(50(66)56(72)52(35)68)43(26-7-11-38(59)23(3)15-26)31-18-29(46(62)54(70)48(31)64)42(25-6-10-37(58)22(2)14-25)30-19-32(49(65)55(71)47(30)63)44(27-8-12-39(60)24(4)16-27)34-21-36(45)53(69)57(73)51(34)67/h6-21,42-45,58-73H,5H2,1-4H3. The van der Waals surface area contributed by atoms with Crippen molar-refractivity contribution in [2.75, 3.05) is 6.61 Å². The molecule has 8 aromatic rings. The van der Waals surface area contributed by atoms with Gasteiger partial charge in [0.2, 0.25) is 23.0 Å². The first-order valence-corrected chi connectivity index (χ1v) is 23.0. The lowest BCUT2D eigenvalue weighted by atomic mass is 9.74. The van der Waals surface area contributed by atoms with Crippen molar-refractivity contribution < 1.29 is 86.4 Å². The van der Waals surface area contributed by atoms with Gasteiger partial charge in [-0.15, -0.1) is 0 Å². The number of ether oxygens (including phenoxy) is 1. The average Bonchev–Trinajstić information content (AvgIpc) is 3.37. The normalized spacial score (nSPS) is 16.2. The second kappa shape index (κ2) is 18.2. The number of benzene rings is 8. The van der Waals surface area contributed by atoms with Crippen LogP contribution < -0.4 is 4.74 Å². The van der Waals surface area contributed by atoms with Crippen LogP contribution in [0.25, 0.3) is 0 Å². The Morgan fingerprint density at radius 2 is 0.500 bits per heavy atom. The highest BCUT2D eigenvalue weighted by atomic mass is 16.5. The molecule has 9 rings (SSSR count). The number of phenolic OH excluding ortho intramolecular Hbond substituents is 16. The number of phenols is 16. The van der Waals surface area contributed by atoms with Crippen LogP contribution >= 0.6 is 0 Å². The molecule has 0 fully saturated rings. The summed E-state index contributed by atoms with van der Waals surface area (Å²) in [5, 5.41) is 188. The van der Waals surface area contributed by atoms with Gasteiger partial charge >= 0.3 is 0 Å². The Kier molecular flexibility index (Phi) is 12.1. The molecule has 17 nitrogen and oxygen atoms in total. The van der Waals surface area contributed by atoms with Crippen molar-refractivity contribution >= 4 is 0 Å². The lowest BCUT2D eigenvalue weighted by molar-refractivity contribution is 0.317. The summed E-state index contributed by atoms with van der Waals surface area (Å²) in [5.74, 6) is -19.9. The molecule has 0 spiro atoms. The summed E-state index contributed by atoms with van der Waals surface area (Å²) in [4.78, 5) is 0. The summed E-state index contributed by atoms with van der Waals surface area (Å²) in [6.07, 6.45) is 0. The molecule has 1 aliphatic rings. The van der Waals surface area contributed by atoms with Crippen LogP contribution in [0.4, 0.5) is 0 Å². The maximum Gasteiger partial charge on any atom is 0.200 e. The summed E-state index contributed by atoms with van der Waals surface area (Å²) in [6.45, 7) is 6.29. The third kappa shape index (κ3) is 7.81. The molecule has 0 radical (unpaired) electrons. The van der Waals surface area contributed by atoms with E-state index in [0.29, 0.717) is 0 Å². The van der Waals surface area contributed by atoms with Gasteiger partial charge in [-0.05, 0) is 121 Å². The van der Waals surface area contributed by atoms with Gasteiger partial charge < -0.3 is 86.4 Å². The quantitative estimate of drug-likeness (QED) is 0.0690. The van der Waals surface area contributed by atoms with Gasteiger partial charge in [-0.1, -0.05) is 42.5 Å². The minimum Gasteiger partial charge on any atom is -0.508 e. The fourth-order valence-electron chi connectivity index (χ4n) is 10.2. The lowest BCUT2D eigenvalue weighted by Crippen LogP contribution is -2.13. The first kappa shape index (κ1) is 49.3. The van der Waals surface area contributed by atoms with Gasteiger partial charge in [0.15, 0.2) is 57.5 Å². The first-order chi connectivity index (χ1) is 35.0. The second-order valence-corrected chi connectivity index (χ2v) is 18.4. The van der Waals surface area contributed by atoms with Gasteiger partial charge in [-0.3, -0.25) is 0 Å². The number of rotatable bonds is 6. The molecule has 17 heteroatoms. The van der Waals surface area contributed by atoms with Crippen LogP contribution in [0.15, 0.2) is 97.1 Å². The van der Waals surface area contributed by atoms with E-state index in [-0.39, 0.29) is 119 Å². The zero-order chi connectivity index (χ0) is 53.5. The smallest absolute Gasteiger partial charge is 0.200 e. The SMILES string of the molecule is CCOc1cc(C2c3cc(c(O)c(O)c3O)C(c3ccc(O)c(C)c3)c3cc(c(O)c(O)c3O)C(c3ccc(O)c(C)c3)c3cc(c(O)c(O)c3O)C(c3ccc(O)c(C)c3)c3cc2c(O)c(O)c3O)ccc1O. The number of aryl methyl sites for hydroxylation is 3. The van der Waals surface area contributed by atoms with E-state index < -0.39 is 92.7 Å². The molecular formula is C57H50O17. The minimum absolute atomic E-state index is 0.0387. The Balaban J connectivity index is 1.56. The summed E-state index contributed by atoms with van der Waals surface area (Å²) in [6, 6.07) is 21.1. The monoisotopic (exact) mass is 1010 g/mol. The fourth-order valence-corrected chi connectivity index (χ4v) is 10.2. The molecular weight excluding hydrogens is 957 g/mol. The highest BCUT2D eigenvalue weighted by Crippen LogP contribution is 2.60. The fraction of sp³-hybridized carbons (Fsp3) is 0.158. The Labute approximate surface area is 421 Å². The molecule has 16 N–H and O–H groups in total. The topological polar surface area (TPSA) is 333 Å². The number of aromatic hydroxyl groups is 16. The van der Waals surface area contributed by atoms with E-state index in [0.717, 1.165) is 0 Å². The van der Waals surface area contributed by atoms with E-state index in [2.05, 4.69) is 0 Å². The van der Waals surface area contributed by atoms with Gasteiger partial charge in [0.25, 0.3) is 0 Å². The van der Waals surface area contributed by atoms with Crippen LogP contribution in [0.1, 0.15) is 114 Å². The molecule has 0 heterocycles. The molecule has 8 bridgehead atoms. The van der Waals surface area contributed by atoms with E-state index in [1.807, 2.05) is 0 Å². The van der Waals surface area contributed by atoms with Gasteiger partial charge in [0, 0.05) is 68.2 Å². The average molecular weight is 1010 g/mol. The Morgan fingerprint density at radius 3 is 0.716 bits per heavy atom. The summed E-state index contributed by atoms with van der Waals surface area (Å²) in [5.41, 5.74) is -1.40. The van der Waals surface area contributed by atoms with Crippen molar-refractivity contribution in [1.82, 2.24) is 0 Å². The second-order valence-electron chi connectivity index (χ2n) is 18.4. The van der Waals surface area contributed by atoms with Crippen LogP contribution in [0.3, 0.4) is 0 Å². The van der Waals surface area contributed by atoms with Crippen molar-refractivity contribution in [3.05, 3.63) is 181 Å². The predicted molar refractivity (Wildman–Crippen MR) is 267 cm³/mol. The molecule has 0 aliphatic heterocycles. The predicted octanol–water partition coefficient (Wildman–Crippen LogP) is 9.33. The Morgan fingerprint density at radius 1 is 0.284 bits per heavy atom. The molecule has 74 heavy (non-hydrogen) atoms. The van der Waals surface area contributed by atoms with Crippen molar-refractivity contribution in [2.45, 2.75) is 51.4 Å². The first-order valence-electron chi connectivity index (χ1n) is 23.0. The van der Waals surface area contributed by atoms with Crippen LogP contribution in [0.5, 0.6) is 97.7 Å². The van der Waals surface area contributed by atoms with Gasteiger partial charge in [-0.25, -0.2) is 0 Å². The highest BCUT2D eigenvalue weighted by Gasteiger charge is 2.39. The van der Waals surface area contributed by atoms with Crippen molar-refractivity contribution in [2.24, 2.45) is 0 Å². The van der Waals surface area contributed by atoms with E-state index in [1.54, 1.807) is 6.92 Å².